The summed E-state index contributed by atoms with van der Waals surface area (Å²) >= 11 is 1.87. The first-order chi connectivity index (χ1) is 19.1. The number of methoxy groups -OCH3 is 1. The van der Waals surface area contributed by atoms with Gasteiger partial charge in [-0.3, -0.25) is 0 Å². The highest BCUT2D eigenvalue weighted by Gasteiger charge is 2.36. The van der Waals surface area contributed by atoms with Crippen LogP contribution in [0.2, 0.25) is 0 Å². The van der Waals surface area contributed by atoms with Gasteiger partial charge in [0.25, 0.3) is 0 Å². The minimum absolute atomic E-state index is 0.205. The van der Waals surface area contributed by atoms with Gasteiger partial charge >= 0.3 is 12.0 Å². The fraction of sp³-hybridized carbons (Fsp3) is 0.290. The molecular formula is C31H31N3O4S. The number of anilines is 1. The lowest BCUT2D eigenvalue weighted by atomic mass is 9.95. The Kier molecular flexibility index (Phi) is 6.87. The van der Waals surface area contributed by atoms with E-state index in [1.165, 1.54) is 41.0 Å². The van der Waals surface area contributed by atoms with Gasteiger partial charge in [-0.2, -0.15) is 0 Å². The van der Waals surface area contributed by atoms with Crippen LogP contribution < -0.4 is 10.1 Å². The second-order valence-electron chi connectivity index (χ2n) is 9.83. The number of aromatic nitrogens is 1. The highest BCUT2D eigenvalue weighted by molar-refractivity contribution is 7.15. The quantitative estimate of drug-likeness (QED) is 0.284. The highest BCUT2D eigenvalue weighted by Crippen LogP contribution is 2.44. The summed E-state index contributed by atoms with van der Waals surface area (Å²) in [6, 6.07) is 18.4. The second-order valence-corrected chi connectivity index (χ2v) is 10.9. The maximum absolute atomic E-state index is 14.1. The smallest absolute Gasteiger partial charge is 0.337 e. The number of fused-ring (bicyclic) bond motifs is 5. The van der Waals surface area contributed by atoms with Gasteiger partial charge in [-0.25, -0.2) is 9.59 Å². The van der Waals surface area contributed by atoms with E-state index in [4.69, 9.17) is 9.47 Å². The van der Waals surface area contributed by atoms with Crippen LogP contribution in [-0.4, -0.2) is 35.2 Å². The number of nitrogens with zero attached hydrogens (tertiary/aromatic N) is 2. The fourth-order valence-corrected chi connectivity index (χ4v) is 7.09. The van der Waals surface area contributed by atoms with Gasteiger partial charge in [-0.05, 0) is 92.3 Å². The lowest BCUT2D eigenvalue weighted by Gasteiger charge is -2.31. The van der Waals surface area contributed by atoms with Crippen LogP contribution in [0.5, 0.6) is 5.75 Å². The molecule has 0 fully saturated rings. The summed E-state index contributed by atoms with van der Waals surface area (Å²) in [5.74, 6) is 0.369. The molecule has 1 atom stereocenters. The number of hydrogen-bond donors (Lipinski definition) is 1. The SMILES string of the molecule is CCOc1cccc([C@H]2c3cccn3-c3sc4c(c3CN2C(=O)Nc2ccc(C(=O)OC)cc2)CCCC4)c1. The van der Waals surface area contributed by atoms with Crippen molar-refractivity contribution >= 4 is 29.0 Å². The van der Waals surface area contributed by atoms with Crippen molar-refractivity contribution in [3.8, 4) is 10.8 Å². The van der Waals surface area contributed by atoms with E-state index in [0.717, 1.165) is 29.8 Å². The van der Waals surface area contributed by atoms with Gasteiger partial charge < -0.3 is 24.3 Å². The molecule has 4 aromatic rings. The van der Waals surface area contributed by atoms with E-state index >= 15 is 0 Å². The van der Waals surface area contributed by atoms with Gasteiger partial charge in [0.05, 0.1) is 37.6 Å². The van der Waals surface area contributed by atoms with Crippen LogP contribution in [0.4, 0.5) is 10.5 Å². The lowest BCUT2D eigenvalue weighted by molar-refractivity contribution is 0.0600. The maximum atomic E-state index is 14.1. The first-order valence-corrected chi connectivity index (χ1v) is 14.2. The molecule has 39 heavy (non-hydrogen) atoms. The van der Waals surface area contributed by atoms with Crippen LogP contribution in [0.25, 0.3) is 5.00 Å². The molecular weight excluding hydrogens is 510 g/mol. The van der Waals surface area contributed by atoms with E-state index < -0.39 is 5.97 Å². The summed E-state index contributed by atoms with van der Waals surface area (Å²) in [6.45, 7) is 3.04. The molecule has 8 heteroatoms. The Morgan fingerprint density at radius 1 is 1.03 bits per heavy atom. The number of thiophene rings is 1. The summed E-state index contributed by atoms with van der Waals surface area (Å²) in [5.41, 5.74) is 5.72. The van der Waals surface area contributed by atoms with Gasteiger partial charge in [-0.1, -0.05) is 12.1 Å². The van der Waals surface area contributed by atoms with Crippen LogP contribution in [0, 0.1) is 0 Å². The number of benzene rings is 2. The molecule has 2 aromatic carbocycles. The Bertz CT molecular complexity index is 1520. The first-order valence-electron chi connectivity index (χ1n) is 13.4. The molecule has 6 rings (SSSR count). The molecule has 2 aromatic heterocycles. The van der Waals surface area contributed by atoms with Crippen molar-refractivity contribution in [2.75, 3.05) is 19.0 Å². The lowest BCUT2D eigenvalue weighted by Crippen LogP contribution is -2.38. The zero-order valence-electron chi connectivity index (χ0n) is 22.1. The molecule has 0 saturated carbocycles. The van der Waals surface area contributed by atoms with Crippen LogP contribution in [0.3, 0.4) is 0 Å². The molecule has 1 N–H and O–H groups in total. The number of urea groups is 1. The van der Waals surface area contributed by atoms with Gasteiger partial charge in [-0.15, -0.1) is 11.3 Å². The Morgan fingerprint density at radius 2 is 1.85 bits per heavy atom. The number of aryl methyl sites for hydroxylation is 1. The Hall–Kier alpha value is -4.04. The maximum Gasteiger partial charge on any atom is 0.337 e. The van der Waals surface area contributed by atoms with E-state index in [2.05, 4.69) is 34.3 Å². The first kappa shape index (κ1) is 25.2. The van der Waals surface area contributed by atoms with E-state index in [0.29, 0.717) is 24.4 Å². The highest BCUT2D eigenvalue weighted by atomic mass is 32.1. The third-order valence-corrected chi connectivity index (χ3v) is 8.82. The third-order valence-electron chi connectivity index (χ3n) is 7.48. The van der Waals surface area contributed by atoms with Crippen molar-refractivity contribution in [2.24, 2.45) is 0 Å². The van der Waals surface area contributed by atoms with Crippen molar-refractivity contribution in [1.82, 2.24) is 9.47 Å². The molecule has 2 aliphatic rings. The van der Waals surface area contributed by atoms with E-state index in [-0.39, 0.29) is 12.1 Å². The molecule has 3 heterocycles. The summed E-state index contributed by atoms with van der Waals surface area (Å²) in [5, 5.41) is 4.30. The summed E-state index contributed by atoms with van der Waals surface area (Å²) in [6.07, 6.45) is 6.65. The number of carbonyl (C=O) groups is 2. The van der Waals surface area contributed by atoms with Crippen molar-refractivity contribution in [2.45, 2.75) is 45.2 Å². The number of nitrogens with one attached hydrogen (secondary N) is 1. The molecule has 7 nitrogen and oxygen atoms in total. The van der Waals surface area contributed by atoms with Gasteiger partial charge in [0.15, 0.2) is 0 Å². The zero-order valence-corrected chi connectivity index (χ0v) is 22.9. The fourth-order valence-electron chi connectivity index (χ4n) is 5.68. The van der Waals surface area contributed by atoms with Crippen LogP contribution in [0.15, 0.2) is 66.9 Å². The van der Waals surface area contributed by atoms with Crippen LogP contribution in [0.1, 0.15) is 63.4 Å². The second kappa shape index (κ2) is 10.6. The topological polar surface area (TPSA) is 72.8 Å². The number of rotatable bonds is 5. The molecule has 0 radical (unpaired) electrons. The number of ether oxygens (including phenoxy) is 2. The van der Waals surface area contributed by atoms with Gasteiger partial charge in [0.1, 0.15) is 10.8 Å². The molecule has 2 amide bonds. The average molecular weight is 542 g/mol. The molecule has 0 saturated heterocycles. The van der Waals surface area contributed by atoms with Crippen LogP contribution >= 0.6 is 11.3 Å². The van der Waals surface area contributed by atoms with Crippen molar-refractivity contribution in [3.05, 3.63) is 99.7 Å². The molecule has 200 valence electrons. The molecule has 1 aliphatic carbocycles. The van der Waals surface area contributed by atoms with Gasteiger partial charge in [0.2, 0.25) is 0 Å². The minimum atomic E-state index is -0.412. The Balaban J connectivity index is 1.43. The Morgan fingerprint density at radius 3 is 2.64 bits per heavy atom. The number of carbonyl (C=O) groups excluding carboxylic acids is 2. The average Bonchev–Trinajstić information content (AvgIpc) is 3.55. The monoisotopic (exact) mass is 541 g/mol. The molecule has 1 aliphatic heterocycles. The largest absolute Gasteiger partial charge is 0.494 e. The predicted molar refractivity (Wildman–Crippen MR) is 152 cm³/mol. The van der Waals surface area contributed by atoms with E-state index in [1.54, 1.807) is 24.3 Å². The third kappa shape index (κ3) is 4.69. The summed E-state index contributed by atoms with van der Waals surface area (Å²) < 4.78 is 12.9. The van der Waals surface area contributed by atoms with Crippen molar-refractivity contribution < 1.29 is 19.1 Å². The minimum Gasteiger partial charge on any atom is -0.494 e. The van der Waals surface area contributed by atoms with Gasteiger partial charge in [0, 0.05) is 22.3 Å². The normalized spacial score (nSPS) is 15.9. The van der Waals surface area contributed by atoms with E-state index in [9.17, 15) is 9.59 Å². The molecule has 0 unspecified atom stereocenters. The van der Waals surface area contributed by atoms with E-state index in [1.807, 2.05) is 41.4 Å². The Labute approximate surface area is 232 Å². The number of hydrogen-bond acceptors (Lipinski definition) is 5. The molecule has 0 bridgehead atoms. The zero-order chi connectivity index (χ0) is 26.9. The number of esters is 1. The van der Waals surface area contributed by atoms with Crippen molar-refractivity contribution in [1.29, 1.82) is 0 Å². The predicted octanol–water partition coefficient (Wildman–Crippen LogP) is 6.74. The van der Waals surface area contributed by atoms with Crippen molar-refractivity contribution in [3.63, 3.8) is 0 Å². The summed E-state index contributed by atoms with van der Waals surface area (Å²) in [4.78, 5) is 29.4. The standard InChI is InChI=1S/C31H31N3O4S/c1-3-38-23-9-6-8-21(18-23)28-26-11-7-17-33(26)29-25(24-10-4-5-12-27(24)39-29)19-34(28)31(36)32-22-15-13-20(14-16-22)30(35)37-2/h6-9,11,13-18,28H,3-5,10,12,19H2,1-2H3,(H,32,36)/t28-/m0/s1. The van der Waals surface area contributed by atoms with Crippen LogP contribution in [-0.2, 0) is 24.1 Å². The number of amides is 2. The molecule has 0 spiro atoms. The summed E-state index contributed by atoms with van der Waals surface area (Å²) in [7, 11) is 1.35.